The topological polar surface area (TPSA) is 12.4 Å². The van der Waals surface area contributed by atoms with Crippen molar-refractivity contribution in [1.29, 1.82) is 0 Å². The van der Waals surface area contributed by atoms with Crippen molar-refractivity contribution in [2.24, 2.45) is 4.99 Å². The minimum absolute atomic E-state index is 0.926. The van der Waals surface area contributed by atoms with Crippen LogP contribution >= 0.6 is 0 Å². The van der Waals surface area contributed by atoms with E-state index in [4.69, 9.17) is 0 Å². The van der Waals surface area contributed by atoms with Crippen molar-refractivity contribution in [3.63, 3.8) is 0 Å². The summed E-state index contributed by atoms with van der Waals surface area (Å²) in [6, 6.07) is 0. The summed E-state index contributed by atoms with van der Waals surface area (Å²) in [5, 5.41) is 0. The van der Waals surface area contributed by atoms with Crippen LogP contribution in [0.15, 0.2) is 42.1 Å². The molecule has 0 bridgehead atoms. The zero-order valence-corrected chi connectivity index (χ0v) is 8.59. The lowest BCUT2D eigenvalue weighted by atomic mass is 10.4. The molecule has 0 amide bonds. The van der Waals surface area contributed by atoms with Crippen LogP contribution in [-0.2, 0) is 0 Å². The Morgan fingerprint density at radius 3 is 2.00 bits per heavy atom. The lowest BCUT2D eigenvalue weighted by Crippen LogP contribution is -1.82. The molecule has 0 unspecified atom stereocenters. The van der Waals surface area contributed by atoms with Gasteiger partial charge in [-0.3, -0.25) is 4.99 Å². The van der Waals surface area contributed by atoms with Gasteiger partial charge >= 0.3 is 0 Å². The monoisotopic (exact) mass is 165 g/mol. The number of allylic oxidation sites excluding steroid dienone is 4. The molecule has 0 radical (unpaired) electrons. The van der Waals surface area contributed by atoms with Gasteiger partial charge in [0, 0.05) is 11.4 Å². The second-order valence-electron chi connectivity index (χ2n) is 2.00. The molecule has 0 heterocycles. The molecule has 0 N–H and O–H groups in total. The van der Waals surface area contributed by atoms with Gasteiger partial charge in [0.25, 0.3) is 0 Å². The van der Waals surface area contributed by atoms with Crippen LogP contribution in [0.5, 0.6) is 0 Å². The largest absolute Gasteiger partial charge is 0.259 e. The van der Waals surface area contributed by atoms with E-state index >= 15 is 0 Å². The number of nitrogens with zero attached hydrogens (tertiary/aromatic N) is 1. The van der Waals surface area contributed by atoms with Gasteiger partial charge in [-0.1, -0.05) is 33.1 Å². The number of hydrogen-bond donors (Lipinski definition) is 0. The number of aliphatic imine (C=N–C) groups is 1. The highest BCUT2D eigenvalue weighted by Gasteiger charge is 1.81. The molecule has 68 valence electrons. The molecule has 0 saturated heterocycles. The third-order valence-corrected chi connectivity index (χ3v) is 1.01. The van der Waals surface area contributed by atoms with Gasteiger partial charge in [0.05, 0.1) is 0 Å². The lowest BCUT2D eigenvalue weighted by Gasteiger charge is -1.90. The highest BCUT2D eigenvalue weighted by atomic mass is 14.7. The van der Waals surface area contributed by atoms with E-state index in [0.29, 0.717) is 0 Å². The Bertz CT molecular complexity index is 185. The predicted octanol–water partition coefficient (Wildman–Crippen LogP) is 3.75. The van der Waals surface area contributed by atoms with Crippen LogP contribution in [0.4, 0.5) is 0 Å². The van der Waals surface area contributed by atoms with E-state index in [0.717, 1.165) is 11.4 Å². The summed E-state index contributed by atoms with van der Waals surface area (Å²) >= 11 is 0. The number of rotatable bonds is 3. The molecule has 0 aliphatic rings. The Balaban J connectivity index is 0. The van der Waals surface area contributed by atoms with Crippen molar-refractivity contribution < 1.29 is 0 Å². The Hall–Kier alpha value is -1.11. The van der Waals surface area contributed by atoms with Gasteiger partial charge in [-0.25, -0.2) is 0 Å². The molecule has 0 aromatic carbocycles. The molecule has 0 rings (SSSR count). The molecule has 0 saturated carbocycles. The molecule has 0 aromatic heterocycles. The van der Waals surface area contributed by atoms with Crippen LogP contribution in [-0.4, -0.2) is 5.71 Å². The molecule has 0 fully saturated rings. The summed E-state index contributed by atoms with van der Waals surface area (Å²) in [6.45, 7) is 15.0. The maximum atomic E-state index is 4.17. The summed E-state index contributed by atoms with van der Waals surface area (Å²) in [5.74, 6) is 0. The third-order valence-electron chi connectivity index (χ3n) is 1.01. The van der Waals surface area contributed by atoms with Crippen LogP contribution in [0.1, 0.15) is 27.7 Å². The van der Waals surface area contributed by atoms with Crippen molar-refractivity contribution in [3.8, 4) is 0 Å². The molecule has 1 heteroatoms. The normalized spacial score (nSPS) is 11.3. The van der Waals surface area contributed by atoms with Crippen LogP contribution < -0.4 is 0 Å². The second-order valence-corrected chi connectivity index (χ2v) is 2.00. The molecule has 12 heavy (non-hydrogen) atoms. The Morgan fingerprint density at radius 2 is 1.67 bits per heavy atom. The maximum absolute atomic E-state index is 4.17. The van der Waals surface area contributed by atoms with E-state index < -0.39 is 0 Å². The molecule has 1 nitrogen and oxygen atoms in total. The van der Waals surface area contributed by atoms with Crippen molar-refractivity contribution in [2.45, 2.75) is 27.7 Å². The zero-order chi connectivity index (χ0) is 9.98. The average Bonchev–Trinajstić information content (AvgIpc) is 2.08. The summed E-state index contributed by atoms with van der Waals surface area (Å²) < 4.78 is 0. The molecule has 0 aliphatic carbocycles. The first-order valence-electron chi connectivity index (χ1n) is 4.17. The molecule has 0 spiro atoms. The highest BCUT2D eigenvalue weighted by molar-refractivity contribution is 5.92. The van der Waals surface area contributed by atoms with Crippen LogP contribution in [0.3, 0.4) is 0 Å². The van der Waals surface area contributed by atoms with Gasteiger partial charge in [-0.2, -0.15) is 0 Å². The third kappa shape index (κ3) is 8.89. The fourth-order valence-corrected chi connectivity index (χ4v) is 0.532. The molecular weight excluding hydrogens is 146 g/mol. The zero-order valence-electron chi connectivity index (χ0n) is 8.59. The number of hydrogen-bond acceptors (Lipinski definition) is 1. The molecule has 0 aromatic rings. The quantitative estimate of drug-likeness (QED) is 0.446. The molecule has 0 aliphatic heterocycles. The van der Waals surface area contributed by atoms with Crippen molar-refractivity contribution in [3.05, 3.63) is 37.1 Å². The SMILES string of the molecule is C=C/C=C(/C)N=C(C)C=C.CC. The lowest BCUT2D eigenvalue weighted by molar-refractivity contribution is 1.30. The van der Waals surface area contributed by atoms with Crippen molar-refractivity contribution in [2.75, 3.05) is 0 Å². The van der Waals surface area contributed by atoms with Crippen LogP contribution in [0.25, 0.3) is 0 Å². The fourth-order valence-electron chi connectivity index (χ4n) is 0.532. The van der Waals surface area contributed by atoms with Crippen molar-refractivity contribution >= 4 is 5.71 Å². The fraction of sp³-hybridized carbons (Fsp3) is 0.364. The van der Waals surface area contributed by atoms with E-state index in [9.17, 15) is 0 Å². The summed E-state index contributed by atoms with van der Waals surface area (Å²) in [7, 11) is 0. The van der Waals surface area contributed by atoms with E-state index in [1.165, 1.54) is 0 Å². The van der Waals surface area contributed by atoms with Crippen LogP contribution in [0.2, 0.25) is 0 Å². The Labute approximate surface area is 76.2 Å². The molecular formula is C11H19N. The van der Waals surface area contributed by atoms with E-state index in [1.54, 1.807) is 12.2 Å². The maximum Gasteiger partial charge on any atom is 0.0375 e. The van der Waals surface area contributed by atoms with Gasteiger partial charge in [0.2, 0.25) is 0 Å². The summed E-state index contributed by atoms with van der Waals surface area (Å²) in [5.41, 5.74) is 1.88. The smallest absolute Gasteiger partial charge is 0.0375 e. The van der Waals surface area contributed by atoms with Gasteiger partial charge in [-0.15, -0.1) is 0 Å². The van der Waals surface area contributed by atoms with Crippen molar-refractivity contribution in [1.82, 2.24) is 0 Å². The minimum Gasteiger partial charge on any atom is -0.259 e. The van der Waals surface area contributed by atoms with Crippen LogP contribution in [0, 0.1) is 0 Å². The van der Waals surface area contributed by atoms with Gasteiger partial charge in [0.15, 0.2) is 0 Å². The second kappa shape index (κ2) is 9.89. The Kier molecular flexibility index (Phi) is 11.1. The average molecular weight is 165 g/mol. The first-order valence-corrected chi connectivity index (χ1v) is 4.17. The van der Waals surface area contributed by atoms with Gasteiger partial charge in [-0.05, 0) is 26.0 Å². The first kappa shape index (κ1) is 13.5. The molecule has 0 atom stereocenters. The summed E-state index contributed by atoms with van der Waals surface area (Å²) in [6.07, 6.45) is 5.29. The predicted molar refractivity (Wildman–Crippen MR) is 58.6 cm³/mol. The standard InChI is InChI=1S/C9H13N.C2H6/c1-5-7-9(4)10-8(3)6-2;1-2/h5-7H,1-2H2,3-4H3;1-2H3/b9-7-,10-8?;. The summed E-state index contributed by atoms with van der Waals surface area (Å²) in [4.78, 5) is 4.17. The van der Waals surface area contributed by atoms with Gasteiger partial charge in [0.1, 0.15) is 0 Å². The van der Waals surface area contributed by atoms with Gasteiger partial charge < -0.3 is 0 Å². The Morgan fingerprint density at radius 1 is 1.17 bits per heavy atom. The van der Waals surface area contributed by atoms with E-state index in [-0.39, 0.29) is 0 Å². The highest BCUT2D eigenvalue weighted by Crippen LogP contribution is 1.95. The minimum atomic E-state index is 0.926. The van der Waals surface area contributed by atoms with E-state index in [2.05, 4.69) is 18.2 Å². The van der Waals surface area contributed by atoms with E-state index in [1.807, 2.05) is 33.8 Å². The first-order chi connectivity index (χ1) is 5.70.